The second-order valence-corrected chi connectivity index (χ2v) is 4.26. The van der Waals surface area contributed by atoms with Crippen LogP contribution >= 0.6 is 0 Å². The Bertz CT molecular complexity index is 193. The van der Waals surface area contributed by atoms with Crippen molar-refractivity contribution in [3.63, 3.8) is 0 Å². The van der Waals surface area contributed by atoms with E-state index < -0.39 is 5.54 Å². The van der Waals surface area contributed by atoms with Gasteiger partial charge >= 0.3 is 5.97 Å². The highest BCUT2D eigenvalue weighted by Crippen LogP contribution is 2.12. The molecule has 4 heteroatoms. The summed E-state index contributed by atoms with van der Waals surface area (Å²) in [4.78, 5) is 13.5. The van der Waals surface area contributed by atoms with Crippen molar-refractivity contribution in [2.45, 2.75) is 38.6 Å². The van der Waals surface area contributed by atoms with E-state index in [1.807, 2.05) is 0 Å². The van der Waals surface area contributed by atoms with Crippen LogP contribution in [0.3, 0.4) is 0 Å². The van der Waals surface area contributed by atoms with Gasteiger partial charge < -0.3 is 15.4 Å². The predicted octanol–water partition coefficient (Wildman–Crippen LogP) is 0.999. The molecule has 0 radical (unpaired) electrons. The lowest BCUT2D eigenvalue weighted by Crippen LogP contribution is -2.45. The first-order valence-corrected chi connectivity index (χ1v) is 5.50. The third-order valence-corrected chi connectivity index (χ3v) is 2.68. The zero-order chi connectivity index (χ0) is 11.9. The van der Waals surface area contributed by atoms with E-state index in [-0.39, 0.29) is 5.97 Å². The van der Waals surface area contributed by atoms with Gasteiger partial charge in [0, 0.05) is 0 Å². The van der Waals surface area contributed by atoms with Crippen molar-refractivity contribution in [3.05, 3.63) is 0 Å². The standard InChI is InChI=1S/C11H24N2O2/c1-5-13(3)9-7-6-8-11(2,12)10(14)15-4/h5-9,12H2,1-4H3. The van der Waals surface area contributed by atoms with Crippen LogP contribution in [0.25, 0.3) is 0 Å². The summed E-state index contributed by atoms with van der Waals surface area (Å²) < 4.78 is 4.64. The lowest BCUT2D eigenvalue weighted by Gasteiger charge is -2.21. The number of carbonyl (C=O) groups is 1. The number of methoxy groups -OCH3 is 1. The highest BCUT2D eigenvalue weighted by molar-refractivity contribution is 5.79. The molecule has 0 bridgehead atoms. The average molecular weight is 216 g/mol. The van der Waals surface area contributed by atoms with E-state index in [0.29, 0.717) is 6.42 Å². The topological polar surface area (TPSA) is 55.6 Å². The number of carbonyl (C=O) groups excluding carboxylic acids is 1. The van der Waals surface area contributed by atoms with Gasteiger partial charge in [0.15, 0.2) is 0 Å². The van der Waals surface area contributed by atoms with Gasteiger partial charge in [-0.3, -0.25) is 4.79 Å². The lowest BCUT2D eigenvalue weighted by atomic mass is 9.96. The number of hydrogen-bond donors (Lipinski definition) is 1. The number of unbranched alkanes of at least 4 members (excludes halogenated alkanes) is 1. The molecule has 1 unspecified atom stereocenters. The van der Waals surface area contributed by atoms with Gasteiger partial charge in [-0.15, -0.1) is 0 Å². The molecule has 2 N–H and O–H groups in total. The molecule has 0 aliphatic carbocycles. The van der Waals surface area contributed by atoms with Crippen LogP contribution in [0.1, 0.15) is 33.1 Å². The number of ether oxygens (including phenoxy) is 1. The molecule has 0 fully saturated rings. The SMILES string of the molecule is CCN(C)CCCCC(C)(N)C(=O)OC. The molecule has 0 heterocycles. The van der Waals surface area contributed by atoms with Gasteiger partial charge in [-0.1, -0.05) is 6.92 Å². The van der Waals surface area contributed by atoms with E-state index in [1.165, 1.54) is 7.11 Å². The Labute approximate surface area is 92.8 Å². The molecule has 90 valence electrons. The van der Waals surface area contributed by atoms with Crippen molar-refractivity contribution in [1.29, 1.82) is 0 Å². The monoisotopic (exact) mass is 216 g/mol. The van der Waals surface area contributed by atoms with Crippen LogP contribution in [0.2, 0.25) is 0 Å². The molecule has 0 aromatic heterocycles. The zero-order valence-corrected chi connectivity index (χ0v) is 10.4. The second-order valence-electron chi connectivity index (χ2n) is 4.26. The van der Waals surface area contributed by atoms with E-state index >= 15 is 0 Å². The van der Waals surface area contributed by atoms with E-state index in [0.717, 1.165) is 25.9 Å². The van der Waals surface area contributed by atoms with Gasteiger partial charge in [0.2, 0.25) is 0 Å². The molecular weight excluding hydrogens is 192 g/mol. The van der Waals surface area contributed by atoms with E-state index in [1.54, 1.807) is 6.92 Å². The summed E-state index contributed by atoms with van der Waals surface area (Å²) in [6.45, 7) is 5.95. The lowest BCUT2D eigenvalue weighted by molar-refractivity contribution is -0.146. The first-order chi connectivity index (χ1) is 6.94. The fraction of sp³-hybridized carbons (Fsp3) is 0.909. The normalized spacial score (nSPS) is 15.1. The Morgan fingerprint density at radius 1 is 1.47 bits per heavy atom. The maximum Gasteiger partial charge on any atom is 0.325 e. The molecule has 4 nitrogen and oxygen atoms in total. The van der Waals surface area contributed by atoms with Gasteiger partial charge in [0.1, 0.15) is 5.54 Å². The number of nitrogens with zero attached hydrogens (tertiary/aromatic N) is 1. The third kappa shape index (κ3) is 5.74. The molecule has 0 spiro atoms. The molecule has 0 rings (SSSR count). The first kappa shape index (κ1) is 14.4. The van der Waals surface area contributed by atoms with Gasteiger partial charge in [0.05, 0.1) is 7.11 Å². The van der Waals surface area contributed by atoms with Gasteiger partial charge in [0.25, 0.3) is 0 Å². The Morgan fingerprint density at radius 2 is 2.07 bits per heavy atom. The molecule has 15 heavy (non-hydrogen) atoms. The largest absolute Gasteiger partial charge is 0.468 e. The first-order valence-electron chi connectivity index (χ1n) is 5.50. The van der Waals surface area contributed by atoms with Gasteiger partial charge in [-0.25, -0.2) is 0 Å². The Kier molecular flexibility index (Phi) is 6.52. The fourth-order valence-electron chi connectivity index (χ4n) is 1.37. The predicted molar refractivity (Wildman–Crippen MR) is 61.6 cm³/mol. The number of nitrogens with two attached hydrogens (primary N) is 1. The summed E-state index contributed by atoms with van der Waals surface area (Å²) >= 11 is 0. The summed E-state index contributed by atoms with van der Waals surface area (Å²) in [6, 6.07) is 0. The number of esters is 1. The van der Waals surface area contributed by atoms with Crippen LogP contribution < -0.4 is 5.73 Å². The van der Waals surface area contributed by atoms with Gasteiger partial charge in [-0.2, -0.15) is 0 Å². The van der Waals surface area contributed by atoms with Crippen LogP contribution in [-0.2, 0) is 9.53 Å². The Morgan fingerprint density at radius 3 is 2.53 bits per heavy atom. The molecule has 0 aliphatic heterocycles. The van der Waals surface area contributed by atoms with E-state index in [9.17, 15) is 4.79 Å². The number of hydrogen-bond acceptors (Lipinski definition) is 4. The third-order valence-electron chi connectivity index (χ3n) is 2.68. The van der Waals surface area contributed by atoms with Crippen LogP contribution in [0, 0.1) is 0 Å². The summed E-state index contributed by atoms with van der Waals surface area (Å²) in [7, 11) is 3.46. The minimum atomic E-state index is -0.834. The van der Waals surface area contributed by atoms with Crippen LogP contribution in [0.5, 0.6) is 0 Å². The zero-order valence-electron chi connectivity index (χ0n) is 10.4. The average Bonchev–Trinajstić information content (AvgIpc) is 2.22. The fourth-order valence-corrected chi connectivity index (χ4v) is 1.37. The molecule has 1 atom stereocenters. The number of rotatable bonds is 7. The molecule has 0 saturated heterocycles. The molecule has 0 amide bonds. The smallest absolute Gasteiger partial charge is 0.325 e. The minimum absolute atomic E-state index is 0.327. The summed E-state index contributed by atoms with van der Waals surface area (Å²) in [6.07, 6.45) is 2.69. The van der Waals surface area contributed by atoms with Crippen LogP contribution in [-0.4, -0.2) is 43.7 Å². The van der Waals surface area contributed by atoms with Crippen molar-refractivity contribution in [2.75, 3.05) is 27.2 Å². The van der Waals surface area contributed by atoms with E-state index in [4.69, 9.17) is 5.73 Å². The molecular formula is C11H24N2O2. The van der Waals surface area contributed by atoms with Crippen molar-refractivity contribution < 1.29 is 9.53 Å². The van der Waals surface area contributed by atoms with Crippen LogP contribution in [0.15, 0.2) is 0 Å². The second kappa shape index (κ2) is 6.80. The Balaban J connectivity index is 3.71. The summed E-state index contributed by atoms with van der Waals surface area (Å²) in [5.41, 5.74) is 5.00. The quantitative estimate of drug-likeness (QED) is 0.509. The molecule has 0 aliphatic rings. The van der Waals surface area contributed by atoms with Crippen molar-refractivity contribution in [2.24, 2.45) is 5.73 Å². The molecule has 0 saturated carbocycles. The minimum Gasteiger partial charge on any atom is -0.468 e. The van der Waals surface area contributed by atoms with Crippen molar-refractivity contribution in [1.82, 2.24) is 4.90 Å². The molecule has 0 aromatic rings. The van der Waals surface area contributed by atoms with E-state index in [2.05, 4.69) is 23.6 Å². The maximum atomic E-state index is 11.3. The maximum absolute atomic E-state index is 11.3. The highest BCUT2D eigenvalue weighted by atomic mass is 16.5. The van der Waals surface area contributed by atoms with Gasteiger partial charge in [-0.05, 0) is 46.3 Å². The molecule has 0 aromatic carbocycles. The highest BCUT2D eigenvalue weighted by Gasteiger charge is 2.28. The summed E-state index contributed by atoms with van der Waals surface area (Å²) in [5, 5.41) is 0. The summed E-state index contributed by atoms with van der Waals surface area (Å²) in [5.74, 6) is -0.327. The Hall–Kier alpha value is -0.610. The van der Waals surface area contributed by atoms with Crippen molar-refractivity contribution in [3.8, 4) is 0 Å². The van der Waals surface area contributed by atoms with Crippen molar-refractivity contribution >= 4 is 5.97 Å². The van der Waals surface area contributed by atoms with Crippen LogP contribution in [0.4, 0.5) is 0 Å².